The topological polar surface area (TPSA) is 53.9 Å². The maximum atomic E-state index is 13.2. The Bertz CT molecular complexity index is 806. The van der Waals surface area contributed by atoms with E-state index in [0.717, 1.165) is 47.0 Å². The average molecular weight is 399 g/mol. The molecule has 0 saturated carbocycles. The van der Waals surface area contributed by atoms with Crippen molar-refractivity contribution < 1.29 is 14.5 Å². The van der Waals surface area contributed by atoms with Crippen LogP contribution in [0.25, 0.3) is 0 Å². The number of hydrogen-bond acceptors (Lipinski definition) is 3. The molecule has 1 aliphatic rings. The number of amides is 2. The Morgan fingerprint density at radius 3 is 2.39 bits per heavy atom. The maximum Gasteiger partial charge on any atom is 0.285 e. The molecule has 148 valence electrons. The highest BCUT2D eigenvalue weighted by atomic mass is 32.2. The molecular weight excluding hydrogens is 370 g/mol. The molecule has 3 rings (SSSR count). The maximum absolute atomic E-state index is 13.2. The summed E-state index contributed by atoms with van der Waals surface area (Å²) in [6.07, 6.45) is 4.10. The lowest BCUT2D eigenvalue weighted by Gasteiger charge is -2.28. The van der Waals surface area contributed by atoms with Crippen molar-refractivity contribution in [3.05, 3.63) is 60.2 Å². The van der Waals surface area contributed by atoms with E-state index in [2.05, 4.69) is 5.32 Å². The molecule has 2 N–H and O–H groups in total. The first kappa shape index (κ1) is 20.4. The molecule has 2 aromatic rings. The molecule has 1 saturated heterocycles. The van der Waals surface area contributed by atoms with Crippen molar-refractivity contribution in [1.82, 2.24) is 4.90 Å². The highest BCUT2D eigenvalue weighted by molar-refractivity contribution is 7.98. The van der Waals surface area contributed by atoms with Gasteiger partial charge in [-0.05, 0) is 31.2 Å². The monoisotopic (exact) mass is 398 g/mol. The van der Waals surface area contributed by atoms with Crippen molar-refractivity contribution in [3.8, 4) is 0 Å². The van der Waals surface area contributed by atoms with E-state index in [4.69, 9.17) is 0 Å². The van der Waals surface area contributed by atoms with Crippen molar-refractivity contribution in [1.29, 1.82) is 0 Å². The summed E-state index contributed by atoms with van der Waals surface area (Å²) in [5.74, 6) is 0.0210. The van der Waals surface area contributed by atoms with E-state index < -0.39 is 0 Å². The van der Waals surface area contributed by atoms with Crippen molar-refractivity contribution >= 4 is 29.3 Å². The Morgan fingerprint density at radius 2 is 1.71 bits per heavy atom. The number of rotatable bonds is 7. The van der Waals surface area contributed by atoms with Crippen LogP contribution in [0.2, 0.25) is 0 Å². The third-order valence-electron chi connectivity index (χ3n) is 5.11. The minimum Gasteiger partial charge on any atom is -0.337 e. The van der Waals surface area contributed by atoms with Crippen molar-refractivity contribution in [2.24, 2.45) is 0 Å². The third kappa shape index (κ3) is 4.94. The summed E-state index contributed by atoms with van der Waals surface area (Å²) in [5, 5.41) is 3.00. The van der Waals surface area contributed by atoms with Gasteiger partial charge in [-0.25, -0.2) is 0 Å². The SMILES string of the molecule is CSc1ccccc1NC(=O)C[NH+](C)[C@H](C(=O)N1CCCC1)c1ccccc1. The Hall–Kier alpha value is -2.31. The number of likely N-dealkylation sites (N-methyl/N-ethyl adjacent to an activating group) is 1. The fourth-order valence-corrected chi connectivity index (χ4v) is 4.25. The predicted molar refractivity (Wildman–Crippen MR) is 114 cm³/mol. The summed E-state index contributed by atoms with van der Waals surface area (Å²) in [6.45, 7) is 1.84. The fourth-order valence-electron chi connectivity index (χ4n) is 3.70. The van der Waals surface area contributed by atoms with E-state index in [1.807, 2.05) is 72.8 Å². The first-order chi connectivity index (χ1) is 13.6. The summed E-state index contributed by atoms with van der Waals surface area (Å²) in [7, 11) is 1.92. The van der Waals surface area contributed by atoms with Gasteiger partial charge in [0.05, 0.1) is 12.7 Å². The van der Waals surface area contributed by atoms with E-state index in [0.29, 0.717) is 0 Å². The second kappa shape index (κ2) is 9.75. The molecule has 5 nitrogen and oxygen atoms in total. The number of likely N-dealkylation sites (tertiary alicyclic amines) is 1. The molecule has 0 spiro atoms. The zero-order valence-corrected chi connectivity index (χ0v) is 17.3. The number of carbonyl (C=O) groups is 2. The summed E-state index contributed by atoms with van der Waals surface area (Å²) in [5.41, 5.74) is 1.77. The van der Waals surface area contributed by atoms with Gasteiger partial charge in [-0.1, -0.05) is 42.5 Å². The first-order valence-electron chi connectivity index (χ1n) is 9.69. The molecule has 2 aromatic carbocycles. The number of thioether (sulfide) groups is 1. The van der Waals surface area contributed by atoms with Crippen molar-refractivity contribution in [3.63, 3.8) is 0 Å². The zero-order chi connectivity index (χ0) is 19.9. The number of carbonyl (C=O) groups excluding carboxylic acids is 2. The quantitative estimate of drug-likeness (QED) is 0.704. The standard InChI is InChI=1S/C22H27N3O2S/c1-24(16-20(26)23-18-12-6-7-13-19(18)28-2)21(17-10-4-3-5-11-17)22(27)25-14-8-9-15-25/h3-7,10-13,21H,8-9,14-16H2,1-2H3,(H,23,26)/p+1/t21-/m0/s1. The fraction of sp³-hybridized carbons (Fsp3) is 0.364. The van der Waals surface area contributed by atoms with Gasteiger partial charge in [-0.15, -0.1) is 11.8 Å². The number of nitrogens with one attached hydrogen (secondary N) is 2. The summed E-state index contributed by atoms with van der Waals surface area (Å²) < 4.78 is 0. The summed E-state index contributed by atoms with van der Waals surface area (Å²) >= 11 is 1.60. The minimum absolute atomic E-state index is 0.0887. The Balaban J connectivity index is 1.74. The molecule has 2 amide bonds. The van der Waals surface area contributed by atoms with Crippen LogP contribution in [-0.2, 0) is 9.59 Å². The molecule has 0 aromatic heterocycles. The highest BCUT2D eigenvalue weighted by Gasteiger charge is 2.34. The van der Waals surface area contributed by atoms with Gasteiger partial charge in [0.25, 0.3) is 11.8 Å². The van der Waals surface area contributed by atoms with Crippen LogP contribution >= 0.6 is 11.8 Å². The normalized spacial score (nSPS) is 15.9. The molecule has 0 radical (unpaired) electrons. The molecule has 28 heavy (non-hydrogen) atoms. The highest BCUT2D eigenvalue weighted by Crippen LogP contribution is 2.24. The molecule has 2 atom stereocenters. The molecule has 1 heterocycles. The molecule has 0 bridgehead atoms. The summed E-state index contributed by atoms with van der Waals surface area (Å²) in [4.78, 5) is 29.7. The molecule has 1 aliphatic heterocycles. The van der Waals surface area contributed by atoms with Crippen LogP contribution in [-0.4, -0.2) is 49.7 Å². The Labute approximate surface area is 171 Å². The molecule has 0 aliphatic carbocycles. The largest absolute Gasteiger partial charge is 0.337 e. The lowest BCUT2D eigenvalue weighted by atomic mass is 10.0. The van der Waals surface area contributed by atoms with Gasteiger partial charge in [0.2, 0.25) is 0 Å². The van der Waals surface area contributed by atoms with Crippen LogP contribution in [0.4, 0.5) is 5.69 Å². The Morgan fingerprint density at radius 1 is 1.07 bits per heavy atom. The predicted octanol–water partition coefficient (Wildman–Crippen LogP) is 2.23. The third-order valence-corrected chi connectivity index (χ3v) is 5.91. The smallest absolute Gasteiger partial charge is 0.285 e. The van der Waals surface area contributed by atoms with E-state index in [9.17, 15) is 9.59 Å². The van der Waals surface area contributed by atoms with E-state index in [1.54, 1.807) is 11.8 Å². The zero-order valence-electron chi connectivity index (χ0n) is 16.5. The lowest BCUT2D eigenvalue weighted by molar-refractivity contribution is -0.894. The second-order valence-corrected chi connectivity index (χ2v) is 8.00. The minimum atomic E-state index is -0.374. The molecule has 1 unspecified atom stereocenters. The van der Waals surface area contributed by atoms with Crippen LogP contribution in [0.15, 0.2) is 59.5 Å². The van der Waals surface area contributed by atoms with E-state index >= 15 is 0 Å². The Kier molecular flexibility index (Phi) is 7.12. The van der Waals surface area contributed by atoms with Gasteiger partial charge >= 0.3 is 0 Å². The van der Waals surface area contributed by atoms with Crippen LogP contribution in [0.3, 0.4) is 0 Å². The number of quaternary nitrogens is 1. The number of benzene rings is 2. The van der Waals surface area contributed by atoms with Gasteiger partial charge in [-0.3, -0.25) is 9.59 Å². The molecule has 6 heteroatoms. The van der Waals surface area contributed by atoms with Gasteiger partial charge in [0.1, 0.15) is 0 Å². The van der Waals surface area contributed by atoms with Gasteiger partial charge < -0.3 is 15.1 Å². The van der Waals surface area contributed by atoms with Gasteiger partial charge in [0, 0.05) is 23.5 Å². The van der Waals surface area contributed by atoms with Crippen LogP contribution in [0.1, 0.15) is 24.4 Å². The van der Waals surface area contributed by atoms with Gasteiger partial charge in [-0.2, -0.15) is 0 Å². The second-order valence-electron chi connectivity index (χ2n) is 7.15. The molecular formula is C22H28N3O2S+. The molecule has 1 fully saturated rings. The van der Waals surface area contributed by atoms with Crippen LogP contribution < -0.4 is 10.2 Å². The summed E-state index contributed by atoms with van der Waals surface area (Å²) in [6, 6.07) is 17.2. The van der Waals surface area contributed by atoms with E-state index in [-0.39, 0.29) is 24.4 Å². The van der Waals surface area contributed by atoms with Crippen LogP contribution in [0.5, 0.6) is 0 Å². The average Bonchev–Trinajstić information content (AvgIpc) is 3.24. The number of hydrogen-bond donors (Lipinski definition) is 2. The number of para-hydroxylation sites is 1. The number of nitrogens with zero attached hydrogens (tertiary/aromatic N) is 1. The van der Waals surface area contributed by atoms with E-state index in [1.165, 1.54) is 0 Å². The van der Waals surface area contributed by atoms with Gasteiger partial charge in [0.15, 0.2) is 12.6 Å². The van der Waals surface area contributed by atoms with Crippen LogP contribution in [0, 0.1) is 0 Å². The van der Waals surface area contributed by atoms with Crippen molar-refractivity contribution in [2.75, 3.05) is 38.3 Å². The number of anilines is 1. The lowest BCUT2D eigenvalue weighted by Crippen LogP contribution is -3.11. The first-order valence-corrected chi connectivity index (χ1v) is 10.9. The van der Waals surface area contributed by atoms with Crippen molar-refractivity contribution in [2.45, 2.75) is 23.8 Å².